The van der Waals surface area contributed by atoms with Gasteiger partial charge in [-0.15, -0.1) is 0 Å². The minimum atomic E-state index is -1.12. The minimum absolute atomic E-state index is 0.120. The van der Waals surface area contributed by atoms with Crippen LogP contribution in [0.15, 0.2) is 11.0 Å². The second-order valence-corrected chi connectivity index (χ2v) is 5.39. The number of aromatic nitrogens is 4. The minimum Gasteiger partial charge on any atom is -0.388 e. The van der Waals surface area contributed by atoms with Crippen molar-refractivity contribution in [3.8, 4) is 0 Å². The summed E-state index contributed by atoms with van der Waals surface area (Å²) in [5, 5.41) is 19.8. The summed E-state index contributed by atoms with van der Waals surface area (Å²) in [5.74, 6) is 0. The lowest BCUT2D eigenvalue weighted by atomic mass is 10.1. The molecule has 0 aliphatic carbocycles. The number of hydrogen-bond acceptors (Lipinski definition) is 7. The Labute approximate surface area is 124 Å². The van der Waals surface area contributed by atoms with Gasteiger partial charge in [-0.05, 0) is 26.1 Å². The number of aromatic amines is 1. The molecule has 2 aromatic rings. The number of H-pyrrole nitrogens is 1. The van der Waals surface area contributed by atoms with Crippen LogP contribution >= 0.6 is 12.2 Å². The molecule has 9 heteroatoms. The number of rotatable bonds is 1. The van der Waals surface area contributed by atoms with Crippen LogP contribution in [0.3, 0.4) is 0 Å². The Morgan fingerprint density at radius 1 is 1.38 bits per heavy atom. The Kier molecular flexibility index (Phi) is 3.36. The Morgan fingerprint density at radius 2 is 2.10 bits per heavy atom. The van der Waals surface area contributed by atoms with Crippen molar-refractivity contribution in [2.45, 2.75) is 38.4 Å². The number of hydrogen-bond donors (Lipinski definition) is 3. The fourth-order valence-corrected chi connectivity index (χ4v) is 2.55. The van der Waals surface area contributed by atoms with Crippen LogP contribution < -0.4 is 5.56 Å². The molecule has 2 aromatic heterocycles. The average Bonchev–Trinajstić information content (AvgIpc) is 2.68. The van der Waals surface area contributed by atoms with Crippen molar-refractivity contribution in [3.05, 3.63) is 27.0 Å². The van der Waals surface area contributed by atoms with Crippen LogP contribution in [-0.2, 0) is 4.74 Å². The van der Waals surface area contributed by atoms with Crippen LogP contribution in [-0.4, -0.2) is 48.0 Å². The molecule has 4 atom stereocenters. The molecule has 1 saturated heterocycles. The zero-order valence-corrected chi connectivity index (χ0v) is 12.2. The van der Waals surface area contributed by atoms with E-state index >= 15 is 0 Å². The number of aryl methyl sites for hydroxylation is 1. The Bertz CT molecular complexity index is 817. The topological polar surface area (TPSA) is 113 Å². The van der Waals surface area contributed by atoms with E-state index in [1.807, 2.05) is 0 Å². The molecule has 1 unspecified atom stereocenters. The van der Waals surface area contributed by atoms with Crippen LogP contribution in [0, 0.1) is 11.7 Å². The molecule has 3 heterocycles. The molecule has 1 aliphatic rings. The summed E-state index contributed by atoms with van der Waals surface area (Å²) in [6, 6.07) is 0. The highest BCUT2D eigenvalue weighted by Gasteiger charge is 2.41. The highest BCUT2D eigenvalue weighted by molar-refractivity contribution is 7.71. The molecule has 0 radical (unpaired) electrons. The van der Waals surface area contributed by atoms with Gasteiger partial charge in [-0.3, -0.25) is 9.36 Å². The van der Waals surface area contributed by atoms with Crippen LogP contribution in [0.2, 0.25) is 0 Å². The lowest BCUT2D eigenvalue weighted by Gasteiger charge is -2.18. The van der Waals surface area contributed by atoms with Gasteiger partial charge >= 0.3 is 0 Å². The van der Waals surface area contributed by atoms with Gasteiger partial charge in [0.2, 0.25) is 4.77 Å². The van der Waals surface area contributed by atoms with Crippen molar-refractivity contribution < 1.29 is 14.9 Å². The van der Waals surface area contributed by atoms with Crippen LogP contribution in [0.5, 0.6) is 0 Å². The number of nitrogens with zero attached hydrogens (tertiary/aromatic N) is 3. The Balaban J connectivity index is 2.16. The molecule has 0 saturated carbocycles. The second kappa shape index (κ2) is 4.95. The van der Waals surface area contributed by atoms with E-state index in [1.54, 1.807) is 20.0 Å². The summed E-state index contributed by atoms with van der Waals surface area (Å²) in [7, 11) is 0. The average molecular weight is 310 g/mol. The number of nitrogens with one attached hydrogen (secondary N) is 1. The zero-order valence-electron chi connectivity index (χ0n) is 11.3. The largest absolute Gasteiger partial charge is 0.388 e. The first kappa shape index (κ1) is 14.3. The molecule has 1 fully saturated rings. The SMILES string of the molecule is Cc1nc2cn([C@@H]3O[C@H](C)C(O)[C@@H]3O)c(=S)nc2[nH]c1=O. The predicted molar refractivity (Wildman–Crippen MR) is 75.3 cm³/mol. The van der Waals surface area contributed by atoms with Gasteiger partial charge in [-0.1, -0.05) is 0 Å². The van der Waals surface area contributed by atoms with E-state index in [1.165, 1.54) is 4.57 Å². The fraction of sp³-hybridized carbons (Fsp3) is 0.500. The number of fused-ring (bicyclic) bond motifs is 1. The maximum Gasteiger partial charge on any atom is 0.270 e. The standard InChI is InChI=1S/C12H14N4O4S/c1-4-10(19)14-9-6(13-4)3-16(12(21)15-9)11-8(18)7(17)5(2)20-11/h3,5,7-8,11,17-18H,1-2H3,(H,14,15,19,21)/t5-,7?,8+,11-/m1/s1. The van der Waals surface area contributed by atoms with Crippen molar-refractivity contribution in [3.63, 3.8) is 0 Å². The molecule has 0 bridgehead atoms. The lowest BCUT2D eigenvalue weighted by Crippen LogP contribution is -2.30. The molecule has 0 spiro atoms. The first-order valence-electron chi connectivity index (χ1n) is 6.40. The van der Waals surface area contributed by atoms with E-state index in [-0.39, 0.29) is 16.0 Å². The Morgan fingerprint density at radius 3 is 2.71 bits per heavy atom. The van der Waals surface area contributed by atoms with Crippen molar-refractivity contribution in [2.24, 2.45) is 0 Å². The third kappa shape index (κ3) is 2.27. The quantitative estimate of drug-likeness (QED) is 0.625. The number of aliphatic hydroxyl groups is 2. The maximum absolute atomic E-state index is 11.5. The number of aliphatic hydroxyl groups excluding tert-OH is 2. The molecule has 3 N–H and O–H groups in total. The van der Waals surface area contributed by atoms with Crippen LogP contribution in [0.1, 0.15) is 18.8 Å². The highest BCUT2D eigenvalue weighted by Crippen LogP contribution is 2.29. The third-order valence-corrected chi connectivity index (χ3v) is 3.83. The van der Waals surface area contributed by atoms with Gasteiger partial charge in [0.15, 0.2) is 11.9 Å². The summed E-state index contributed by atoms with van der Waals surface area (Å²) in [4.78, 5) is 22.3. The molecule has 1 aliphatic heterocycles. The van der Waals surface area contributed by atoms with Crippen molar-refractivity contribution in [1.29, 1.82) is 0 Å². The van der Waals surface area contributed by atoms with E-state index in [0.29, 0.717) is 11.2 Å². The molecular weight excluding hydrogens is 296 g/mol. The van der Waals surface area contributed by atoms with Crippen molar-refractivity contribution >= 4 is 23.4 Å². The van der Waals surface area contributed by atoms with Crippen LogP contribution in [0.25, 0.3) is 11.2 Å². The highest BCUT2D eigenvalue weighted by atomic mass is 32.1. The summed E-state index contributed by atoms with van der Waals surface area (Å²) < 4.78 is 7.06. The monoisotopic (exact) mass is 310 g/mol. The molecular formula is C12H14N4O4S. The summed E-state index contributed by atoms with van der Waals surface area (Å²) in [6.07, 6.45) is -1.93. The van der Waals surface area contributed by atoms with Gasteiger partial charge in [0.1, 0.15) is 23.4 Å². The van der Waals surface area contributed by atoms with E-state index in [4.69, 9.17) is 17.0 Å². The summed E-state index contributed by atoms with van der Waals surface area (Å²) in [5.41, 5.74) is 0.663. The van der Waals surface area contributed by atoms with Gasteiger partial charge in [0, 0.05) is 6.20 Å². The fourth-order valence-electron chi connectivity index (χ4n) is 2.30. The van der Waals surface area contributed by atoms with Crippen LogP contribution in [0.4, 0.5) is 0 Å². The second-order valence-electron chi connectivity index (χ2n) is 5.03. The molecule has 8 nitrogen and oxygen atoms in total. The molecule has 112 valence electrons. The smallest absolute Gasteiger partial charge is 0.270 e. The van der Waals surface area contributed by atoms with Gasteiger partial charge < -0.3 is 19.9 Å². The number of ether oxygens (including phenoxy) is 1. The Hall–Kier alpha value is -1.68. The van der Waals surface area contributed by atoms with E-state index in [2.05, 4.69) is 15.0 Å². The zero-order chi connectivity index (χ0) is 15.3. The van der Waals surface area contributed by atoms with Gasteiger partial charge in [0.05, 0.1) is 6.10 Å². The molecule has 21 heavy (non-hydrogen) atoms. The first-order chi connectivity index (χ1) is 9.88. The molecule has 0 aromatic carbocycles. The van der Waals surface area contributed by atoms with Gasteiger partial charge in [-0.25, -0.2) is 4.98 Å². The summed E-state index contributed by atoms with van der Waals surface area (Å²) in [6.45, 7) is 3.24. The van der Waals surface area contributed by atoms with Gasteiger partial charge in [-0.2, -0.15) is 4.98 Å². The van der Waals surface area contributed by atoms with Crippen molar-refractivity contribution in [1.82, 2.24) is 19.5 Å². The maximum atomic E-state index is 11.5. The molecule has 3 rings (SSSR count). The predicted octanol–water partition coefficient (Wildman–Crippen LogP) is -0.203. The molecule has 0 amide bonds. The first-order valence-corrected chi connectivity index (χ1v) is 6.80. The van der Waals surface area contributed by atoms with E-state index in [9.17, 15) is 15.0 Å². The third-order valence-electron chi connectivity index (χ3n) is 3.53. The van der Waals surface area contributed by atoms with E-state index < -0.39 is 24.5 Å². The van der Waals surface area contributed by atoms with E-state index in [0.717, 1.165) is 0 Å². The summed E-state index contributed by atoms with van der Waals surface area (Å²) >= 11 is 5.15. The van der Waals surface area contributed by atoms with Crippen molar-refractivity contribution in [2.75, 3.05) is 0 Å². The van der Waals surface area contributed by atoms with Gasteiger partial charge in [0.25, 0.3) is 5.56 Å². The lowest BCUT2D eigenvalue weighted by molar-refractivity contribution is -0.0336. The normalized spacial score (nSPS) is 29.1.